The van der Waals surface area contributed by atoms with Gasteiger partial charge in [0, 0.05) is 34.0 Å². The number of sulfonamides is 1. The van der Waals surface area contributed by atoms with Gasteiger partial charge < -0.3 is 5.32 Å². The first kappa shape index (κ1) is 20.1. The predicted molar refractivity (Wildman–Crippen MR) is 123 cm³/mol. The van der Waals surface area contributed by atoms with E-state index in [0.717, 1.165) is 11.1 Å². The molecular weight excluding hydrogens is 446 g/mol. The average Bonchev–Trinajstić information content (AvgIpc) is 3.40. The van der Waals surface area contributed by atoms with Crippen molar-refractivity contribution >= 4 is 43.9 Å². The van der Waals surface area contributed by atoms with E-state index in [1.165, 1.54) is 41.8 Å². The Morgan fingerprint density at radius 2 is 1.59 bits per heavy atom. The summed E-state index contributed by atoms with van der Waals surface area (Å²) in [5.41, 5.74) is 3.56. The number of carbonyl (C=O) groups is 2. The van der Waals surface area contributed by atoms with Gasteiger partial charge in [-0.1, -0.05) is 30.3 Å². The Hall–Kier alpha value is -3.82. The molecule has 5 rings (SSSR count). The first-order valence-corrected chi connectivity index (χ1v) is 11.9. The normalized spacial score (nSPS) is 12.2. The Bertz CT molecular complexity index is 1460. The second-order valence-corrected chi connectivity index (χ2v) is 9.63. The van der Waals surface area contributed by atoms with Crippen LogP contribution in [0.25, 0.3) is 11.1 Å². The molecule has 0 radical (unpaired) electrons. The lowest BCUT2D eigenvalue weighted by atomic mass is 10.0. The highest BCUT2D eigenvalue weighted by Crippen LogP contribution is 2.36. The van der Waals surface area contributed by atoms with Gasteiger partial charge in [0.2, 0.25) is 0 Å². The Kier molecular flexibility index (Phi) is 4.84. The van der Waals surface area contributed by atoms with Gasteiger partial charge in [-0.3, -0.25) is 14.3 Å². The maximum Gasteiger partial charge on any atom is 0.263 e. The van der Waals surface area contributed by atoms with Crippen molar-refractivity contribution in [2.45, 2.75) is 4.90 Å². The number of nitrogens with zero attached hydrogens (tertiary/aromatic N) is 1. The number of benzene rings is 3. The zero-order valence-electron chi connectivity index (χ0n) is 16.4. The van der Waals surface area contributed by atoms with E-state index in [2.05, 4.69) is 15.0 Å². The quantitative estimate of drug-likeness (QED) is 0.403. The lowest BCUT2D eigenvalue weighted by molar-refractivity contribution is 0.102. The molecule has 0 saturated carbocycles. The number of aromatic nitrogens is 1. The molecule has 32 heavy (non-hydrogen) atoms. The summed E-state index contributed by atoms with van der Waals surface area (Å²) < 4.78 is 27.2. The molecule has 9 heteroatoms. The van der Waals surface area contributed by atoms with Crippen LogP contribution in [0.3, 0.4) is 0 Å². The standard InChI is InChI=1S/C23H15N3O4S2/c27-21-19-4-2-1-3-17(19)18-10-5-14(13-20(18)21)22(28)25-15-6-8-16(9-7-15)32(29,30)26-23-24-11-12-31-23/h1-13H,(H,24,26)(H,25,28). The van der Waals surface area contributed by atoms with Gasteiger partial charge in [-0.25, -0.2) is 13.4 Å². The number of anilines is 2. The van der Waals surface area contributed by atoms with Crippen LogP contribution in [0.5, 0.6) is 0 Å². The average molecular weight is 462 g/mol. The molecular formula is C23H15N3O4S2. The molecule has 1 aliphatic rings. The molecule has 0 unspecified atom stereocenters. The predicted octanol–water partition coefficient (Wildman–Crippen LogP) is 4.41. The molecule has 0 spiro atoms. The Morgan fingerprint density at radius 3 is 2.31 bits per heavy atom. The van der Waals surface area contributed by atoms with Crippen molar-refractivity contribution in [1.82, 2.24) is 4.98 Å². The zero-order chi connectivity index (χ0) is 22.3. The van der Waals surface area contributed by atoms with Crippen LogP contribution in [0.2, 0.25) is 0 Å². The summed E-state index contributed by atoms with van der Waals surface area (Å²) >= 11 is 1.18. The summed E-state index contributed by atoms with van der Waals surface area (Å²) in [6, 6.07) is 18.2. The molecule has 158 valence electrons. The van der Waals surface area contributed by atoms with E-state index in [9.17, 15) is 18.0 Å². The van der Waals surface area contributed by atoms with Crippen LogP contribution in [0.15, 0.2) is 83.2 Å². The van der Waals surface area contributed by atoms with Crippen LogP contribution < -0.4 is 10.0 Å². The van der Waals surface area contributed by atoms with Gasteiger partial charge in [0.25, 0.3) is 15.9 Å². The third kappa shape index (κ3) is 3.57. The van der Waals surface area contributed by atoms with Gasteiger partial charge in [-0.2, -0.15) is 0 Å². The molecule has 1 amide bonds. The first-order chi connectivity index (χ1) is 15.4. The van der Waals surface area contributed by atoms with Crippen molar-refractivity contribution in [1.29, 1.82) is 0 Å². The fourth-order valence-corrected chi connectivity index (χ4v) is 5.33. The van der Waals surface area contributed by atoms with Gasteiger partial charge in [0.05, 0.1) is 4.90 Å². The monoisotopic (exact) mass is 461 g/mol. The van der Waals surface area contributed by atoms with Crippen LogP contribution in [0.4, 0.5) is 10.8 Å². The Balaban J connectivity index is 1.33. The second kappa shape index (κ2) is 7.70. The van der Waals surface area contributed by atoms with E-state index in [-0.39, 0.29) is 15.8 Å². The molecule has 0 aliphatic heterocycles. The van der Waals surface area contributed by atoms with Crippen molar-refractivity contribution in [3.63, 3.8) is 0 Å². The van der Waals surface area contributed by atoms with Crippen molar-refractivity contribution in [2.75, 3.05) is 10.0 Å². The van der Waals surface area contributed by atoms with Crippen LogP contribution in [-0.2, 0) is 10.0 Å². The third-order valence-electron chi connectivity index (χ3n) is 5.06. The lowest BCUT2D eigenvalue weighted by Gasteiger charge is -2.09. The number of amides is 1. The molecule has 1 aromatic heterocycles. The molecule has 0 saturated heterocycles. The molecule has 0 fully saturated rings. The second-order valence-electron chi connectivity index (χ2n) is 7.06. The van der Waals surface area contributed by atoms with Crippen LogP contribution >= 0.6 is 11.3 Å². The number of hydrogen-bond acceptors (Lipinski definition) is 6. The summed E-state index contributed by atoms with van der Waals surface area (Å²) in [5, 5.41) is 4.68. The third-order valence-corrected chi connectivity index (χ3v) is 7.24. The molecule has 1 aliphatic carbocycles. The van der Waals surface area contributed by atoms with Gasteiger partial charge in [0.15, 0.2) is 10.9 Å². The van der Waals surface area contributed by atoms with Crippen LogP contribution in [0.1, 0.15) is 26.3 Å². The van der Waals surface area contributed by atoms with Gasteiger partial charge >= 0.3 is 0 Å². The maximum atomic E-state index is 12.7. The minimum Gasteiger partial charge on any atom is -0.322 e. The number of thiazole rings is 1. The van der Waals surface area contributed by atoms with Crippen molar-refractivity contribution in [2.24, 2.45) is 0 Å². The molecule has 1 heterocycles. The summed E-state index contributed by atoms with van der Waals surface area (Å²) in [5.74, 6) is -0.499. The van der Waals surface area contributed by atoms with Crippen LogP contribution in [0, 0.1) is 0 Å². The number of rotatable bonds is 5. The summed E-state index contributed by atoms with van der Waals surface area (Å²) in [4.78, 5) is 29.4. The highest BCUT2D eigenvalue weighted by molar-refractivity contribution is 7.93. The summed E-state index contributed by atoms with van der Waals surface area (Å²) in [7, 11) is -3.77. The number of fused-ring (bicyclic) bond motifs is 3. The fourth-order valence-electron chi connectivity index (χ4n) is 3.54. The first-order valence-electron chi connectivity index (χ1n) is 9.54. The smallest absolute Gasteiger partial charge is 0.263 e. The highest BCUT2D eigenvalue weighted by Gasteiger charge is 2.27. The van der Waals surface area contributed by atoms with E-state index >= 15 is 0 Å². The minimum atomic E-state index is -3.77. The Labute approximate surface area is 187 Å². The fraction of sp³-hybridized carbons (Fsp3) is 0. The summed E-state index contributed by atoms with van der Waals surface area (Å²) in [6.45, 7) is 0. The SMILES string of the molecule is O=C(Nc1ccc(S(=O)(=O)Nc2nccs2)cc1)c1ccc2c(c1)C(=O)c1ccccc1-2. The minimum absolute atomic E-state index is 0.0478. The Morgan fingerprint density at radius 1 is 0.875 bits per heavy atom. The van der Waals surface area contributed by atoms with E-state index in [0.29, 0.717) is 22.4 Å². The van der Waals surface area contributed by atoms with E-state index in [1.54, 1.807) is 29.6 Å². The van der Waals surface area contributed by atoms with Crippen molar-refractivity contribution < 1.29 is 18.0 Å². The van der Waals surface area contributed by atoms with Gasteiger partial charge in [-0.15, -0.1) is 11.3 Å². The lowest BCUT2D eigenvalue weighted by Crippen LogP contribution is -2.14. The molecule has 7 nitrogen and oxygen atoms in total. The zero-order valence-corrected chi connectivity index (χ0v) is 18.0. The molecule has 2 N–H and O–H groups in total. The molecule has 3 aromatic carbocycles. The van der Waals surface area contributed by atoms with E-state index in [1.807, 2.05) is 18.2 Å². The number of hydrogen-bond donors (Lipinski definition) is 2. The number of carbonyl (C=O) groups excluding carboxylic acids is 2. The topological polar surface area (TPSA) is 105 Å². The van der Waals surface area contributed by atoms with E-state index in [4.69, 9.17) is 0 Å². The number of nitrogens with one attached hydrogen (secondary N) is 2. The van der Waals surface area contributed by atoms with Gasteiger partial charge in [-0.05, 0) is 47.5 Å². The van der Waals surface area contributed by atoms with Crippen molar-refractivity contribution in [3.8, 4) is 11.1 Å². The van der Waals surface area contributed by atoms with Gasteiger partial charge in [0.1, 0.15) is 0 Å². The molecule has 0 atom stereocenters. The van der Waals surface area contributed by atoms with Crippen molar-refractivity contribution in [3.05, 3.63) is 95.0 Å². The number of ketones is 1. The highest BCUT2D eigenvalue weighted by atomic mass is 32.2. The van der Waals surface area contributed by atoms with E-state index < -0.39 is 15.9 Å². The maximum absolute atomic E-state index is 12.7. The largest absolute Gasteiger partial charge is 0.322 e. The van der Waals surface area contributed by atoms with Crippen LogP contribution in [-0.4, -0.2) is 25.1 Å². The molecule has 4 aromatic rings. The molecule has 0 bridgehead atoms. The summed E-state index contributed by atoms with van der Waals surface area (Å²) in [6.07, 6.45) is 1.51.